The van der Waals surface area contributed by atoms with Gasteiger partial charge in [-0.3, -0.25) is 4.79 Å². The summed E-state index contributed by atoms with van der Waals surface area (Å²) in [6.07, 6.45) is 1.71. The molecule has 0 spiro atoms. The first-order valence-electron chi connectivity index (χ1n) is 6.59. The van der Waals surface area contributed by atoms with E-state index >= 15 is 0 Å². The number of likely N-dealkylation sites (tertiary alicyclic amines) is 1. The van der Waals surface area contributed by atoms with Crippen LogP contribution in [0, 0.1) is 0 Å². The first-order valence-corrected chi connectivity index (χ1v) is 7.76. The summed E-state index contributed by atoms with van der Waals surface area (Å²) >= 11 is 9.49. The van der Waals surface area contributed by atoms with Gasteiger partial charge in [0.1, 0.15) is 0 Å². The number of hydrogen-bond donors (Lipinski definition) is 1. The lowest BCUT2D eigenvalue weighted by atomic mass is 10.1. The molecule has 0 aromatic heterocycles. The molecule has 20 heavy (non-hydrogen) atoms. The molecule has 1 aliphatic heterocycles. The van der Waals surface area contributed by atoms with Crippen molar-refractivity contribution in [2.24, 2.45) is 0 Å². The van der Waals surface area contributed by atoms with Crippen molar-refractivity contribution in [3.8, 4) is 0 Å². The molecule has 4 nitrogen and oxygen atoms in total. The molecule has 1 amide bonds. The van der Waals surface area contributed by atoms with Gasteiger partial charge >= 0.3 is 0 Å². The van der Waals surface area contributed by atoms with E-state index in [1.54, 1.807) is 17.0 Å². The minimum atomic E-state index is -0.0445. The Labute approximate surface area is 131 Å². The molecule has 110 valence electrons. The first kappa shape index (κ1) is 15.8. The predicted molar refractivity (Wildman–Crippen MR) is 81.1 cm³/mol. The molecule has 0 aliphatic carbocycles. The molecule has 2 rings (SSSR count). The first-order chi connectivity index (χ1) is 9.63. The Morgan fingerprint density at radius 1 is 1.45 bits per heavy atom. The minimum absolute atomic E-state index is 0.0345. The fourth-order valence-corrected chi connectivity index (χ4v) is 2.86. The summed E-state index contributed by atoms with van der Waals surface area (Å²) in [5, 5.41) is 9.19. The Balaban J connectivity index is 1.96. The number of aliphatic hydroxyl groups is 1. The molecule has 1 aromatic carbocycles. The molecule has 1 fully saturated rings. The molecule has 0 bridgehead atoms. The zero-order chi connectivity index (χ0) is 14.5. The lowest BCUT2D eigenvalue weighted by Gasteiger charge is -2.32. The van der Waals surface area contributed by atoms with E-state index in [1.165, 1.54) is 0 Å². The highest BCUT2D eigenvalue weighted by Crippen LogP contribution is 2.27. The van der Waals surface area contributed by atoms with Gasteiger partial charge < -0.3 is 14.7 Å². The van der Waals surface area contributed by atoms with Crippen LogP contribution in [0.1, 0.15) is 23.2 Å². The number of amides is 1. The van der Waals surface area contributed by atoms with Crippen LogP contribution in [0.25, 0.3) is 0 Å². The van der Waals surface area contributed by atoms with Crippen LogP contribution in [0.4, 0.5) is 0 Å². The number of nitrogens with zero attached hydrogens (tertiary/aromatic N) is 1. The summed E-state index contributed by atoms with van der Waals surface area (Å²) in [7, 11) is 0. The topological polar surface area (TPSA) is 49.8 Å². The van der Waals surface area contributed by atoms with Gasteiger partial charge in [0, 0.05) is 17.6 Å². The van der Waals surface area contributed by atoms with Crippen molar-refractivity contribution in [1.29, 1.82) is 0 Å². The third kappa shape index (κ3) is 3.73. The van der Waals surface area contributed by atoms with Crippen LogP contribution >= 0.6 is 27.5 Å². The van der Waals surface area contributed by atoms with E-state index in [9.17, 15) is 4.79 Å². The van der Waals surface area contributed by atoms with Gasteiger partial charge in [-0.1, -0.05) is 17.7 Å². The number of carbonyl (C=O) groups is 1. The SMILES string of the molecule is O=C(c1cccc(Br)c1Cl)N1CCC(OCCO)CC1. The average Bonchev–Trinajstić information content (AvgIpc) is 2.48. The molecule has 1 aromatic rings. The molecule has 1 saturated heterocycles. The lowest BCUT2D eigenvalue weighted by Crippen LogP contribution is -2.41. The van der Waals surface area contributed by atoms with Crippen molar-refractivity contribution >= 4 is 33.4 Å². The highest BCUT2D eigenvalue weighted by molar-refractivity contribution is 9.10. The largest absolute Gasteiger partial charge is 0.394 e. The van der Waals surface area contributed by atoms with Gasteiger partial charge in [0.2, 0.25) is 0 Å². The summed E-state index contributed by atoms with van der Waals surface area (Å²) in [5.74, 6) is -0.0445. The van der Waals surface area contributed by atoms with Gasteiger partial charge in [-0.25, -0.2) is 0 Å². The third-order valence-electron chi connectivity index (χ3n) is 3.36. The lowest BCUT2D eigenvalue weighted by molar-refractivity contribution is -0.00553. The Hall–Kier alpha value is -0.620. The van der Waals surface area contributed by atoms with E-state index in [1.807, 2.05) is 6.07 Å². The molecule has 1 heterocycles. The Kier molecular flexibility index (Phi) is 5.84. The van der Waals surface area contributed by atoms with Crippen molar-refractivity contribution in [3.63, 3.8) is 0 Å². The molecule has 0 unspecified atom stereocenters. The molecule has 6 heteroatoms. The normalized spacial score (nSPS) is 16.4. The number of aliphatic hydroxyl groups excluding tert-OH is 1. The number of rotatable bonds is 4. The van der Waals surface area contributed by atoms with E-state index in [0.29, 0.717) is 30.3 Å². The molecule has 0 atom stereocenters. The van der Waals surface area contributed by atoms with Crippen molar-refractivity contribution < 1.29 is 14.6 Å². The maximum absolute atomic E-state index is 12.4. The predicted octanol–water partition coefficient (Wildman–Crippen LogP) is 2.72. The minimum Gasteiger partial charge on any atom is -0.394 e. The molecule has 1 aliphatic rings. The zero-order valence-corrected chi connectivity index (χ0v) is 13.4. The number of benzene rings is 1. The second-order valence-electron chi connectivity index (χ2n) is 4.69. The number of ether oxygens (including phenoxy) is 1. The van der Waals surface area contributed by atoms with Crippen LogP contribution in [-0.2, 0) is 4.74 Å². The average molecular weight is 363 g/mol. The van der Waals surface area contributed by atoms with Gasteiger partial charge in [-0.2, -0.15) is 0 Å². The summed E-state index contributed by atoms with van der Waals surface area (Å²) < 4.78 is 6.22. The summed E-state index contributed by atoms with van der Waals surface area (Å²) in [4.78, 5) is 14.2. The number of carbonyl (C=O) groups excluding carboxylic acids is 1. The van der Waals surface area contributed by atoms with E-state index in [4.69, 9.17) is 21.4 Å². The smallest absolute Gasteiger partial charge is 0.255 e. The highest BCUT2D eigenvalue weighted by Gasteiger charge is 2.25. The molecule has 1 N–H and O–H groups in total. The van der Waals surface area contributed by atoms with E-state index < -0.39 is 0 Å². The molecular weight excluding hydrogens is 346 g/mol. The highest BCUT2D eigenvalue weighted by atomic mass is 79.9. The number of hydrogen-bond acceptors (Lipinski definition) is 3. The van der Waals surface area contributed by atoms with Crippen LogP contribution in [-0.4, -0.2) is 48.3 Å². The van der Waals surface area contributed by atoms with Crippen molar-refractivity contribution in [1.82, 2.24) is 4.90 Å². The maximum atomic E-state index is 12.4. The second-order valence-corrected chi connectivity index (χ2v) is 5.92. The van der Waals surface area contributed by atoms with Gasteiger partial charge in [0.15, 0.2) is 0 Å². The quantitative estimate of drug-likeness (QED) is 0.896. The van der Waals surface area contributed by atoms with Gasteiger partial charge in [0.05, 0.1) is 29.9 Å². The van der Waals surface area contributed by atoms with Crippen LogP contribution in [0.3, 0.4) is 0 Å². The van der Waals surface area contributed by atoms with Crippen LogP contribution in [0.2, 0.25) is 5.02 Å². The van der Waals surface area contributed by atoms with Gasteiger partial charge in [-0.15, -0.1) is 0 Å². The molecule has 0 saturated carbocycles. The summed E-state index contributed by atoms with van der Waals surface area (Å²) in [5.41, 5.74) is 0.524. The third-order valence-corrected chi connectivity index (χ3v) is 4.65. The van der Waals surface area contributed by atoms with E-state index in [2.05, 4.69) is 15.9 Å². The van der Waals surface area contributed by atoms with Crippen LogP contribution in [0.15, 0.2) is 22.7 Å². The fourth-order valence-electron chi connectivity index (χ4n) is 2.28. The number of piperidine rings is 1. The van der Waals surface area contributed by atoms with E-state index in [-0.39, 0.29) is 18.6 Å². The summed E-state index contributed by atoms with van der Waals surface area (Å²) in [6, 6.07) is 5.36. The maximum Gasteiger partial charge on any atom is 0.255 e. The zero-order valence-electron chi connectivity index (χ0n) is 11.0. The van der Waals surface area contributed by atoms with Crippen LogP contribution in [0.5, 0.6) is 0 Å². The fraction of sp³-hybridized carbons (Fsp3) is 0.500. The van der Waals surface area contributed by atoms with Crippen LogP contribution < -0.4 is 0 Å². The Morgan fingerprint density at radius 2 is 2.15 bits per heavy atom. The Morgan fingerprint density at radius 3 is 2.80 bits per heavy atom. The standard InChI is InChI=1S/C14H17BrClNO3/c15-12-3-1-2-11(13(12)16)14(19)17-6-4-10(5-7-17)20-9-8-18/h1-3,10,18H,4-9H2. The van der Waals surface area contributed by atoms with Crippen molar-refractivity contribution in [2.45, 2.75) is 18.9 Å². The Bertz CT molecular complexity index is 475. The monoisotopic (exact) mass is 361 g/mol. The number of halogens is 2. The second kappa shape index (κ2) is 7.41. The van der Waals surface area contributed by atoms with Crippen molar-refractivity contribution in [3.05, 3.63) is 33.3 Å². The van der Waals surface area contributed by atoms with Crippen molar-refractivity contribution in [2.75, 3.05) is 26.3 Å². The molecular formula is C14H17BrClNO3. The van der Waals surface area contributed by atoms with Gasteiger partial charge in [-0.05, 0) is 40.9 Å². The van der Waals surface area contributed by atoms with E-state index in [0.717, 1.165) is 17.3 Å². The molecule has 0 radical (unpaired) electrons. The van der Waals surface area contributed by atoms with Gasteiger partial charge in [0.25, 0.3) is 5.91 Å². The summed E-state index contributed by atoms with van der Waals surface area (Å²) in [6.45, 7) is 1.69.